The first-order chi connectivity index (χ1) is 7.84. The molecule has 2 nitrogen and oxygen atoms in total. The van der Waals surface area contributed by atoms with Crippen molar-refractivity contribution < 1.29 is 0 Å². The molecule has 0 saturated heterocycles. The fourth-order valence-electron chi connectivity index (χ4n) is 2.33. The highest BCUT2D eigenvalue weighted by Gasteiger charge is 2.13. The van der Waals surface area contributed by atoms with Crippen LogP contribution in [0, 0.1) is 0 Å². The molecule has 16 heavy (non-hydrogen) atoms. The first kappa shape index (κ1) is 9.40. The smallest absolute Gasteiger partial charge is 0.255 e. The SMILES string of the molecule is O=c1cc2c(cn1-c1ccccc1)CCC2. The highest BCUT2D eigenvalue weighted by Crippen LogP contribution is 2.20. The number of pyridine rings is 1. The first-order valence-electron chi connectivity index (χ1n) is 5.64. The summed E-state index contributed by atoms with van der Waals surface area (Å²) in [6, 6.07) is 11.6. The number of hydrogen-bond acceptors (Lipinski definition) is 1. The minimum absolute atomic E-state index is 0.0758. The Hall–Kier alpha value is -1.83. The van der Waals surface area contributed by atoms with Gasteiger partial charge in [-0.15, -0.1) is 0 Å². The van der Waals surface area contributed by atoms with Gasteiger partial charge in [0.25, 0.3) is 5.56 Å². The second-order valence-electron chi connectivity index (χ2n) is 4.22. The van der Waals surface area contributed by atoms with Crippen LogP contribution in [0.25, 0.3) is 5.69 Å². The predicted octanol–water partition coefficient (Wildman–Crippen LogP) is 2.33. The van der Waals surface area contributed by atoms with E-state index in [9.17, 15) is 4.79 Å². The Labute approximate surface area is 94.2 Å². The van der Waals surface area contributed by atoms with Crippen molar-refractivity contribution in [1.82, 2.24) is 4.57 Å². The Morgan fingerprint density at radius 3 is 2.56 bits per heavy atom. The van der Waals surface area contributed by atoms with Crippen LogP contribution < -0.4 is 5.56 Å². The molecule has 0 radical (unpaired) electrons. The van der Waals surface area contributed by atoms with Gasteiger partial charge in [0.15, 0.2) is 0 Å². The lowest BCUT2D eigenvalue weighted by atomic mass is 10.2. The van der Waals surface area contributed by atoms with Crippen molar-refractivity contribution in [2.75, 3.05) is 0 Å². The molecule has 0 spiro atoms. The molecule has 0 fully saturated rings. The molecule has 0 unspecified atom stereocenters. The lowest BCUT2D eigenvalue weighted by Crippen LogP contribution is -2.17. The fraction of sp³-hybridized carbons (Fsp3) is 0.214. The zero-order chi connectivity index (χ0) is 11.0. The van der Waals surface area contributed by atoms with E-state index in [2.05, 4.69) is 0 Å². The molecule has 1 aromatic carbocycles. The van der Waals surface area contributed by atoms with Gasteiger partial charge in [0, 0.05) is 18.0 Å². The van der Waals surface area contributed by atoms with E-state index >= 15 is 0 Å². The lowest BCUT2D eigenvalue weighted by Gasteiger charge is -2.07. The number of aromatic nitrogens is 1. The zero-order valence-corrected chi connectivity index (χ0v) is 9.02. The molecule has 0 amide bonds. The number of nitrogens with zero attached hydrogens (tertiary/aromatic N) is 1. The molecular formula is C14H13NO. The number of benzene rings is 1. The van der Waals surface area contributed by atoms with E-state index in [-0.39, 0.29) is 5.56 Å². The van der Waals surface area contributed by atoms with E-state index in [0.29, 0.717) is 0 Å². The van der Waals surface area contributed by atoms with Gasteiger partial charge in [0.05, 0.1) is 0 Å². The van der Waals surface area contributed by atoms with Crippen LogP contribution in [0.4, 0.5) is 0 Å². The van der Waals surface area contributed by atoms with Gasteiger partial charge in [0.1, 0.15) is 0 Å². The minimum atomic E-state index is 0.0758. The molecule has 0 N–H and O–H groups in total. The first-order valence-corrected chi connectivity index (χ1v) is 5.64. The van der Waals surface area contributed by atoms with Crippen LogP contribution in [0.15, 0.2) is 47.4 Å². The van der Waals surface area contributed by atoms with E-state index in [1.54, 1.807) is 10.6 Å². The maximum atomic E-state index is 11.9. The van der Waals surface area contributed by atoms with E-state index in [4.69, 9.17) is 0 Å². The quantitative estimate of drug-likeness (QED) is 0.709. The van der Waals surface area contributed by atoms with Gasteiger partial charge in [-0.3, -0.25) is 9.36 Å². The summed E-state index contributed by atoms with van der Waals surface area (Å²) in [7, 11) is 0. The van der Waals surface area contributed by atoms with Crippen molar-refractivity contribution in [3.05, 3.63) is 64.1 Å². The van der Waals surface area contributed by atoms with Gasteiger partial charge in [0.2, 0.25) is 0 Å². The van der Waals surface area contributed by atoms with E-state index < -0.39 is 0 Å². The maximum absolute atomic E-state index is 11.9. The molecule has 1 aliphatic rings. The van der Waals surface area contributed by atoms with Crippen LogP contribution >= 0.6 is 0 Å². The van der Waals surface area contributed by atoms with Crippen LogP contribution in [0.5, 0.6) is 0 Å². The summed E-state index contributed by atoms with van der Waals surface area (Å²) in [5.41, 5.74) is 3.58. The van der Waals surface area contributed by atoms with Crippen molar-refractivity contribution in [3.63, 3.8) is 0 Å². The van der Waals surface area contributed by atoms with Gasteiger partial charge < -0.3 is 0 Å². The third kappa shape index (κ3) is 1.47. The van der Waals surface area contributed by atoms with Crippen LogP contribution in [-0.4, -0.2) is 4.57 Å². The van der Waals surface area contributed by atoms with Gasteiger partial charge in [-0.1, -0.05) is 18.2 Å². The third-order valence-electron chi connectivity index (χ3n) is 3.16. The zero-order valence-electron chi connectivity index (χ0n) is 9.02. The molecule has 80 valence electrons. The molecule has 1 aromatic heterocycles. The summed E-state index contributed by atoms with van der Waals surface area (Å²) < 4.78 is 1.74. The summed E-state index contributed by atoms with van der Waals surface area (Å²) in [4.78, 5) is 11.9. The average Bonchev–Trinajstić information content (AvgIpc) is 2.76. The Kier molecular flexibility index (Phi) is 2.13. The molecule has 0 saturated carbocycles. The van der Waals surface area contributed by atoms with Crippen molar-refractivity contribution in [1.29, 1.82) is 0 Å². The number of aryl methyl sites for hydroxylation is 2. The molecule has 2 heteroatoms. The normalized spacial score (nSPS) is 13.8. The Bertz CT molecular complexity index is 569. The number of rotatable bonds is 1. The van der Waals surface area contributed by atoms with Crippen molar-refractivity contribution >= 4 is 0 Å². The monoisotopic (exact) mass is 211 g/mol. The fourth-order valence-corrected chi connectivity index (χ4v) is 2.33. The van der Waals surface area contributed by atoms with E-state index in [1.165, 1.54) is 17.5 Å². The van der Waals surface area contributed by atoms with Crippen molar-refractivity contribution in [2.45, 2.75) is 19.3 Å². The number of hydrogen-bond donors (Lipinski definition) is 0. The minimum Gasteiger partial charge on any atom is -0.284 e. The Balaban J connectivity index is 2.19. The Morgan fingerprint density at radius 2 is 1.75 bits per heavy atom. The Morgan fingerprint density at radius 1 is 1.00 bits per heavy atom. The second kappa shape index (κ2) is 3.63. The summed E-state index contributed by atoms with van der Waals surface area (Å²) >= 11 is 0. The molecule has 1 aliphatic carbocycles. The van der Waals surface area contributed by atoms with Crippen LogP contribution in [0.1, 0.15) is 17.5 Å². The molecule has 0 bridgehead atoms. The molecule has 2 aromatic rings. The summed E-state index contributed by atoms with van der Waals surface area (Å²) in [5, 5.41) is 0. The van der Waals surface area contributed by atoms with Crippen molar-refractivity contribution in [3.8, 4) is 5.69 Å². The maximum Gasteiger partial charge on any atom is 0.255 e. The molecule has 0 aliphatic heterocycles. The van der Waals surface area contributed by atoms with Crippen LogP contribution in [-0.2, 0) is 12.8 Å². The van der Waals surface area contributed by atoms with E-state index in [1.807, 2.05) is 36.5 Å². The largest absolute Gasteiger partial charge is 0.284 e. The predicted molar refractivity (Wildman–Crippen MR) is 64.1 cm³/mol. The second-order valence-corrected chi connectivity index (χ2v) is 4.22. The third-order valence-corrected chi connectivity index (χ3v) is 3.16. The summed E-state index contributed by atoms with van der Waals surface area (Å²) in [6.07, 6.45) is 5.33. The van der Waals surface area contributed by atoms with Gasteiger partial charge >= 0.3 is 0 Å². The molecule has 3 rings (SSSR count). The van der Waals surface area contributed by atoms with Crippen LogP contribution in [0.3, 0.4) is 0 Å². The lowest BCUT2D eigenvalue weighted by molar-refractivity contribution is 0.908. The van der Waals surface area contributed by atoms with Crippen molar-refractivity contribution in [2.24, 2.45) is 0 Å². The van der Waals surface area contributed by atoms with Gasteiger partial charge in [-0.25, -0.2) is 0 Å². The molecule has 0 atom stereocenters. The number of para-hydroxylation sites is 1. The standard InChI is InChI=1S/C14H13NO/c16-14-9-11-5-4-6-12(11)10-15(14)13-7-2-1-3-8-13/h1-3,7-10H,4-6H2. The highest BCUT2D eigenvalue weighted by molar-refractivity contribution is 5.36. The highest BCUT2D eigenvalue weighted by atomic mass is 16.1. The number of fused-ring (bicyclic) bond motifs is 1. The van der Waals surface area contributed by atoms with Crippen LogP contribution in [0.2, 0.25) is 0 Å². The van der Waals surface area contributed by atoms with Gasteiger partial charge in [-0.2, -0.15) is 0 Å². The topological polar surface area (TPSA) is 22.0 Å². The molecular weight excluding hydrogens is 198 g/mol. The summed E-state index contributed by atoms with van der Waals surface area (Å²) in [5.74, 6) is 0. The van der Waals surface area contributed by atoms with Gasteiger partial charge in [-0.05, 0) is 42.5 Å². The summed E-state index contributed by atoms with van der Waals surface area (Å²) in [6.45, 7) is 0. The molecule has 1 heterocycles. The van der Waals surface area contributed by atoms with E-state index in [0.717, 1.165) is 18.5 Å². The average molecular weight is 211 g/mol.